The minimum atomic E-state index is -1.04. The zero-order chi connectivity index (χ0) is 21.4. The number of nitrogens with one attached hydrogen (secondary N) is 2. The van der Waals surface area contributed by atoms with Gasteiger partial charge in [0, 0.05) is 23.3 Å². The highest BCUT2D eigenvalue weighted by atomic mass is 127. The zero-order valence-corrected chi connectivity index (χ0v) is 18.2. The fourth-order valence-corrected chi connectivity index (χ4v) is 3.44. The first kappa shape index (κ1) is 22.8. The van der Waals surface area contributed by atoms with E-state index < -0.39 is 35.7 Å². The Morgan fingerprint density at radius 2 is 1.55 bits per heavy atom. The fraction of sp³-hybridized carbons (Fsp3) is 0.286. The van der Waals surface area contributed by atoms with Gasteiger partial charge in [-0.2, -0.15) is 0 Å². The third kappa shape index (κ3) is 6.81. The number of ether oxygens (including phenoxy) is 1. The molecule has 0 aliphatic heterocycles. The molecule has 8 heteroatoms. The largest absolute Gasteiger partial charge is 0.467 e. The van der Waals surface area contributed by atoms with Crippen molar-refractivity contribution in [2.75, 3.05) is 7.11 Å². The van der Waals surface area contributed by atoms with E-state index in [-0.39, 0.29) is 18.4 Å². The van der Waals surface area contributed by atoms with Gasteiger partial charge < -0.3 is 15.4 Å². The zero-order valence-electron chi connectivity index (χ0n) is 16.1. The van der Waals surface area contributed by atoms with E-state index in [4.69, 9.17) is 4.74 Å². The summed E-state index contributed by atoms with van der Waals surface area (Å²) in [5.41, 5.74) is 1.16. The van der Waals surface area contributed by atoms with Gasteiger partial charge in [-0.15, -0.1) is 0 Å². The molecule has 0 fully saturated rings. The Balaban J connectivity index is 2.20. The standard InChI is InChI=1S/C21H22FIN2O4/c1-13(26)24-18(11-14-7-3-5-9-16(14)22)20(27)25-19(21(28)29-2)12-15-8-4-6-10-17(15)23/h3-10,18-19H,11-12H2,1-2H3,(H,24,26)(H,25,27)/t18-,19-/m0/s1. The molecule has 0 heterocycles. The summed E-state index contributed by atoms with van der Waals surface area (Å²) in [6.45, 7) is 1.27. The average Bonchev–Trinajstić information content (AvgIpc) is 2.69. The van der Waals surface area contributed by atoms with Gasteiger partial charge in [0.25, 0.3) is 0 Å². The molecule has 0 saturated heterocycles. The van der Waals surface area contributed by atoms with Gasteiger partial charge >= 0.3 is 5.97 Å². The number of carbonyl (C=O) groups is 3. The molecule has 6 nitrogen and oxygen atoms in total. The van der Waals surface area contributed by atoms with E-state index >= 15 is 0 Å². The Kier molecular flexibility index (Phi) is 8.56. The van der Waals surface area contributed by atoms with Crippen LogP contribution in [0.3, 0.4) is 0 Å². The lowest BCUT2D eigenvalue weighted by Gasteiger charge is -2.22. The third-order valence-corrected chi connectivity index (χ3v) is 5.31. The summed E-state index contributed by atoms with van der Waals surface area (Å²) in [5.74, 6) is -2.11. The molecule has 0 radical (unpaired) electrons. The Hall–Kier alpha value is -2.49. The van der Waals surface area contributed by atoms with Crippen molar-refractivity contribution < 1.29 is 23.5 Å². The van der Waals surface area contributed by atoms with E-state index in [1.807, 2.05) is 24.3 Å². The van der Waals surface area contributed by atoms with Gasteiger partial charge in [0.15, 0.2) is 0 Å². The van der Waals surface area contributed by atoms with Crippen LogP contribution in [0.25, 0.3) is 0 Å². The first-order chi connectivity index (χ1) is 13.8. The van der Waals surface area contributed by atoms with Crippen LogP contribution in [0, 0.1) is 9.39 Å². The summed E-state index contributed by atoms with van der Waals surface area (Å²) in [4.78, 5) is 36.6. The van der Waals surface area contributed by atoms with Crippen LogP contribution in [-0.2, 0) is 32.0 Å². The van der Waals surface area contributed by atoms with Crippen LogP contribution in [-0.4, -0.2) is 37.0 Å². The predicted octanol–water partition coefficient (Wildman–Crippen LogP) is 2.38. The first-order valence-corrected chi connectivity index (χ1v) is 10.0. The number of halogens is 2. The van der Waals surface area contributed by atoms with Crippen molar-refractivity contribution in [2.45, 2.75) is 31.8 Å². The highest BCUT2D eigenvalue weighted by Gasteiger charge is 2.28. The Morgan fingerprint density at radius 1 is 0.966 bits per heavy atom. The minimum absolute atomic E-state index is 0.0468. The molecule has 2 atom stereocenters. The molecule has 2 aromatic carbocycles. The van der Waals surface area contributed by atoms with Crippen LogP contribution < -0.4 is 10.6 Å². The number of carbonyl (C=O) groups excluding carboxylic acids is 3. The summed E-state index contributed by atoms with van der Waals surface area (Å²) in [5, 5.41) is 5.16. The van der Waals surface area contributed by atoms with Crippen molar-refractivity contribution in [3.8, 4) is 0 Å². The van der Waals surface area contributed by atoms with Crippen molar-refractivity contribution in [3.05, 3.63) is 69.0 Å². The van der Waals surface area contributed by atoms with E-state index in [1.165, 1.54) is 20.1 Å². The predicted molar refractivity (Wildman–Crippen MR) is 115 cm³/mol. The van der Waals surface area contributed by atoms with Crippen LogP contribution in [0.5, 0.6) is 0 Å². The lowest BCUT2D eigenvalue weighted by atomic mass is 10.0. The van der Waals surface area contributed by atoms with E-state index in [9.17, 15) is 18.8 Å². The number of hydrogen-bond acceptors (Lipinski definition) is 4. The van der Waals surface area contributed by atoms with Gasteiger partial charge in [0.2, 0.25) is 11.8 Å². The molecule has 0 aliphatic carbocycles. The second kappa shape index (κ2) is 10.9. The monoisotopic (exact) mass is 512 g/mol. The number of hydrogen-bond donors (Lipinski definition) is 2. The topological polar surface area (TPSA) is 84.5 Å². The maximum atomic E-state index is 14.0. The van der Waals surface area contributed by atoms with E-state index in [2.05, 4.69) is 33.2 Å². The van der Waals surface area contributed by atoms with E-state index in [1.54, 1.807) is 18.2 Å². The maximum absolute atomic E-state index is 14.0. The van der Waals surface area contributed by atoms with E-state index in [0.29, 0.717) is 0 Å². The summed E-state index contributed by atoms with van der Waals surface area (Å²) >= 11 is 2.15. The highest BCUT2D eigenvalue weighted by molar-refractivity contribution is 14.1. The van der Waals surface area contributed by atoms with Crippen LogP contribution in [0.15, 0.2) is 48.5 Å². The fourth-order valence-electron chi connectivity index (χ4n) is 2.83. The van der Waals surface area contributed by atoms with Gasteiger partial charge in [-0.05, 0) is 45.9 Å². The number of rotatable bonds is 8. The number of methoxy groups -OCH3 is 1. The van der Waals surface area contributed by atoms with Crippen molar-refractivity contribution in [3.63, 3.8) is 0 Å². The van der Waals surface area contributed by atoms with Crippen LogP contribution >= 0.6 is 22.6 Å². The molecule has 2 aromatic rings. The molecule has 0 saturated carbocycles. The quantitative estimate of drug-likeness (QED) is 0.421. The summed E-state index contributed by atoms with van der Waals surface area (Å²) in [7, 11) is 1.24. The van der Waals surface area contributed by atoms with Gasteiger partial charge in [-0.1, -0.05) is 36.4 Å². The van der Waals surface area contributed by atoms with Gasteiger partial charge in [-0.25, -0.2) is 9.18 Å². The average molecular weight is 512 g/mol. The highest BCUT2D eigenvalue weighted by Crippen LogP contribution is 2.15. The molecule has 2 rings (SSSR count). The molecule has 2 amide bonds. The Bertz CT molecular complexity index is 890. The van der Waals surface area contributed by atoms with Crippen LogP contribution in [0.4, 0.5) is 4.39 Å². The molecule has 0 bridgehead atoms. The molecule has 154 valence electrons. The SMILES string of the molecule is COC(=O)[C@H](Cc1ccccc1I)NC(=O)[C@H](Cc1ccccc1F)NC(C)=O. The van der Waals surface area contributed by atoms with Crippen LogP contribution in [0.2, 0.25) is 0 Å². The lowest BCUT2D eigenvalue weighted by Crippen LogP contribution is -2.53. The van der Waals surface area contributed by atoms with Crippen molar-refractivity contribution in [2.24, 2.45) is 0 Å². The van der Waals surface area contributed by atoms with Gasteiger partial charge in [0.1, 0.15) is 17.9 Å². The second-order valence-corrected chi connectivity index (χ2v) is 7.59. The van der Waals surface area contributed by atoms with Crippen LogP contribution in [0.1, 0.15) is 18.1 Å². The maximum Gasteiger partial charge on any atom is 0.328 e. The van der Waals surface area contributed by atoms with Gasteiger partial charge in [-0.3, -0.25) is 9.59 Å². The Morgan fingerprint density at radius 3 is 2.14 bits per heavy atom. The second-order valence-electron chi connectivity index (χ2n) is 6.43. The molecule has 0 unspecified atom stereocenters. The number of benzene rings is 2. The Labute approximate surface area is 182 Å². The number of esters is 1. The summed E-state index contributed by atoms with van der Waals surface area (Å²) in [6.07, 6.45) is 0.179. The van der Waals surface area contributed by atoms with E-state index in [0.717, 1.165) is 9.13 Å². The molecule has 2 N–H and O–H groups in total. The third-order valence-electron chi connectivity index (χ3n) is 4.26. The van der Waals surface area contributed by atoms with Crippen molar-refractivity contribution in [1.82, 2.24) is 10.6 Å². The molecule has 29 heavy (non-hydrogen) atoms. The summed E-state index contributed by atoms with van der Waals surface area (Å²) < 4.78 is 19.8. The minimum Gasteiger partial charge on any atom is -0.467 e. The molecular formula is C21H22FIN2O4. The number of amides is 2. The normalized spacial score (nSPS) is 12.6. The molecule has 0 aromatic heterocycles. The summed E-state index contributed by atoms with van der Waals surface area (Å²) in [6, 6.07) is 11.5. The smallest absolute Gasteiger partial charge is 0.328 e. The lowest BCUT2D eigenvalue weighted by molar-refractivity contribution is -0.145. The molecule has 0 spiro atoms. The van der Waals surface area contributed by atoms with Gasteiger partial charge in [0.05, 0.1) is 7.11 Å². The first-order valence-electron chi connectivity index (χ1n) is 8.94. The molecule has 0 aliphatic rings. The van der Waals surface area contributed by atoms with Crippen molar-refractivity contribution in [1.29, 1.82) is 0 Å². The van der Waals surface area contributed by atoms with Crippen molar-refractivity contribution >= 4 is 40.4 Å². The molecular weight excluding hydrogens is 490 g/mol.